The molecule has 132 valence electrons. The van der Waals surface area contributed by atoms with Crippen molar-refractivity contribution >= 4 is 18.2 Å². The maximum absolute atomic E-state index is 10.9. The van der Waals surface area contributed by atoms with E-state index in [1.807, 2.05) is 10.8 Å². The van der Waals surface area contributed by atoms with Gasteiger partial charge in [-0.25, -0.2) is 9.78 Å². The lowest BCUT2D eigenvalue weighted by Crippen LogP contribution is -2.18. The van der Waals surface area contributed by atoms with Crippen molar-refractivity contribution in [2.45, 2.75) is 31.8 Å². The molecule has 6 heteroatoms. The standard InChI is InChI=1S/C20H19N3O2S/c24-19(25)18-8-5-14(12-21-18)13-22-9-10-23(20(22)26)17-7-6-15-3-1-2-4-16(15)11-17/h1-5,8-10,12,17H,6-7,11,13H2,(H,24,25). The Kier molecular flexibility index (Phi) is 4.42. The van der Waals surface area contributed by atoms with Crippen molar-refractivity contribution < 1.29 is 9.90 Å². The van der Waals surface area contributed by atoms with Crippen molar-refractivity contribution in [2.75, 3.05) is 0 Å². The first-order valence-corrected chi connectivity index (χ1v) is 9.05. The lowest BCUT2D eigenvalue weighted by Gasteiger charge is -2.25. The lowest BCUT2D eigenvalue weighted by atomic mass is 9.88. The summed E-state index contributed by atoms with van der Waals surface area (Å²) in [4.78, 5) is 14.9. The van der Waals surface area contributed by atoms with E-state index in [2.05, 4.69) is 40.0 Å². The van der Waals surface area contributed by atoms with E-state index in [9.17, 15) is 4.79 Å². The highest BCUT2D eigenvalue weighted by molar-refractivity contribution is 7.71. The van der Waals surface area contributed by atoms with Crippen LogP contribution in [-0.4, -0.2) is 25.2 Å². The van der Waals surface area contributed by atoms with Gasteiger partial charge >= 0.3 is 5.97 Å². The highest BCUT2D eigenvalue weighted by atomic mass is 32.1. The number of pyridine rings is 1. The zero-order chi connectivity index (χ0) is 18.1. The molecule has 0 aliphatic heterocycles. The molecule has 0 fully saturated rings. The average Bonchev–Trinajstić information content (AvgIpc) is 3.02. The molecule has 0 spiro atoms. The highest BCUT2D eigenvalue weighted by Crippen LogP contribution is 2.29. The molecule has 26 heavy (non-hydrogen) atoms. The van der Waals surface area contributed by atoms with E-state index in [4.69, 9.17) is 17.3 Å². The molecule has 1 aromatic carbocycles. The Morgan fingerprint density at radius 1 is 1.19 bits per heavy atom. The van der Waals surface area contributed by atoms with Gasteiger partial charge < -0.3 is 14.2 Å². The Labute approximate surface area is 156 Å². The fourth-order valence-corrected chi connectivity index (χ4v) is 3.92. The molecule has 0 saturated carbocycles. The van der Waals surface area contributed by atoms with Crippen molar-refractivity contribution in [2.24, 2.45) is 0 Å². The van der Waals surface area contributed by atoms with Crippen LogP contribution in [0.1, 0.15) is 39.6 Å². The summed E-state index contributed by atoms with van der Waals surface area (Å²) in [5.41, 5.74) is 3.83. The van der Waals surface area contributed by atoms with E-state index in [1.54, 1.807) is 12.3 Å². The Morgan fingerprint density at radius 3 is 2.73 bits per heavy atom. The summed E-state index contributed by atoms with van der Waals surface area (Å²) < 4.78 is 4.98. The molecule has 1 aliphatic rings. The zero-order valence-corrected chi connectivity index (χ0v) is 15.0. The second-order valence-electron chi connectivity index (χ2n) is 6.64. The van der Waals surface area contributed by atoms with Crippen LogP contribution in [-0.2, 0) is 19.4 Å². The number of aromatic nitrogens is 3. The van der Waals surface area contributed by atoms with Crippen LogP contribution in [0.3, 0.4) is 0 Å². The topological polar surface area (TPSA) is 60.0 Å². The first kappa shape index (κ1) is 16.7. The minimum absolute atomic E-state index is 0.0517. The summed E-state index contributed by atoms with van der Waals surface area (Å²) in [6.07, 6.45) is 8.81. The summed E-state index contributed by atoms with van der Waals surface area (Å²) in [5, 5.41) is 8.94. The van der Waals surface area contributed by atoms with Crippen LogP contribution in [0.2, 0.25) is 0 Å². The number of benzene rings is 1. The molecule has 1 atom stereocenters. The van der Waals surface area contributed by atoms with Crippen molar-refractivity contribution in [1.29, 1.82) is 0 Å². The Balaban J connectivity index is 1.54. The normalized spacial score (nSPS) is 16.2. The van der Waals surface area contributed by atoms with Crippen molar-refractivity contribution in [1.82, 2.24) is 14.1 Å². The van der Waals surface area contributed by atoms with Crippen LogP contribution >= 0.6 is 12.2 Å². The first-order valence-electron chi connectivity index (χ1n) is 8.64. The van der Waals surface area contributed by atoms with E-state index in [0.717, 1.165) is 29.6 Å². The number of hydrogen-bond donors (Lipinski definition) is 1. The number of hydrogen-bond acceptors (Lipinski definition) is 3. The van der Waals surface area contributed by atoms with Gasteiger partial charge in [0.25, 0.3) is 0 Å². The van der Waals surface area contributed by atoms with Gasteiger partial charge in [0.2, 0.25) is 0 Å². The average molecular weight is 365 g/mol. The number of nitrogens with zero attached hydrogens (tertiary/aromatic N) is 3. The minimum Gasteiger partial charge on any atom is -0.477 e. The second kappa shape index (κ2) is 6.88. The van der Waals surface area contributed by atoms with Gasteiger partial charge in [-0.05, 0) is 54.2 Å². The van der Waals surface area contributed by atoms with E-state index in [-0.39, 0.29) is 5.69 Å². The number of carbonyl (C=O) groups is 1. The number of carboxylic acid groups (broad SMARTS) is 1. The summed E-state index contributed by atoms with van der Waals surface area (Å²) in [6.45, 7) is 0.585. The minimum atomic E-state index is -1.02. The predicted molar refractivity (Wildman–Crippen MR) is 101 cm³/mol. The fraction of sp³-hybridized carbons (Fsp3) is 0.250. The lowest BCUT2D eigenvalue weighted by molar-refractivity contribution is 0.0690. The quantitative estimate of drug-likeness (QED) is 0.713. The van der Waals surface area contributed by atoms with Gasteiger partial charge in [-0.15, -0.1) is 0 Å². The Morgan fingerprint density at radius 2 is 2.00 bits per heavy atom. The zero-order valence-electron chi connectivity index (χ0n) is 14.2. The molecule has 1 N–H and O–H groups in total. The van der Waals surface area contributed by atoms with E-state index < -0.39 is 5.97 Å². The monoisotopic (exact) mass is 365 g/mol. The number of aryl methyl sites for hydroxylation is 1. The third kappa shape index (κ3) is 3.20. The Bertz CT molecular complexity index is 1000. The second-order valence-corrected chi connectivity index (χ2v) is 7.00. The number of aromatic carboxylic acids is 1. The van der Waals surface area contributed by atoms with Crippen molar-refractivity contribution in [3.8, 4) is 0 Å². The van der Waals surface area contributed by atoms with Gasteiger partial charge in [0.15, 0.2) is 4.77 Å². The number of carboxylic acids is 1. The third-order valence-electron chi connectivity index (χ3n) is 4.98. The summed E-state index contributed by atoms with van der Waals surface area (Å²) in [5.74, 6) is -1.02. The summed E-state index contributed by atoms with van der Waals surface area (Å²) in [7, 11) is 0. The molecule has 5 nitrogen and oxygen atoms in total. The molecule has 3 aromatic rings. The molecule has 0 amide bonds. The SMILES string of the molecule is O=C(O)c1ccc(Cn2ccn(C3CCc4ccccc4C3)c2=S)cn1. The largest absolute Gasteiger partial charge is 0.477 e. The van der Waals surface area contributed by atoms with Crippen LogP contribution in [0, 0.1) is 4.77 Å². The van der Waals surface area contributed by atoms with Crippen LogP contribution in [0.4, 0.5) is 0 Å². The van der Waals surface area contributed by atoms with Crippen molar-refractivity contribution in [3.05, 3.63) is 82.1 Å². The maximum atomic E-state index is 10.9. The van der Waals surface area contributed by atoms with Gasteiger partial charge in [0.1, 0.15) is 5.69 Å². The van der Waals surface area contributed by atoms with Crippen molar-refractivity contribution in [3.63, 3.8) is 0 Å². The number of fused-ring (bicyclic) bond motifs is 1. The summed E-state index contributed by atoms with van der Waals surface area (Å²) >= 11 is 5.68. The van der Waals surface area contributed by atoms with Crippen LogP contribution in [0.25, 0.3) is 0 Å². The molecule has 1 aliphatic carbocycles. The molecule has 0 bridgehead atoms. The Hall–Kier alpha value is -2.73. The van der Waals surface area contributed by atoms with Gasteiger partial charge in [0, 0.05) is 24.6 Å². The smallest absolute Gasteiger partial charge is 0.354 e. The molecule has 0 radical (unpaired) electrons. The van der Waals surface area contributed by atoms with Gasteiger partial charge in [-0.2, -0.15) is 0 Å². The summed E-state index contributed by atoms with van der Waals surface area (Å²) in [6, 6.07) is 12.3. The maximum Gasteiger partial charge on any atom is 0.354 e. The van der Waals surface area contributed by atoms with E-state index in [1.165, 1.54) is 17.2 Å². The van der Waals surface area contributed by atoms with Gasteiger partial charge in [-0.3, -0.25) is 0 Å². The molecule has 4 rings (SSSR count). The van der Waals surface area contributed by atoms with E-state index >= 15 is 0 Å². The fourth-order valence-electron chi connectivity index (χ4n) is 3.58. The molecule has 2 heterocycles. The van der Waals surface area contributed by atoms with Crippen LogP contribution in [0.5, 0.6) is 0 Å². The van der Waals surface area contributed by atoms with Crippen LogP contribution in [0.15, 0.2) is 55.0 Å². The van der Waals surface area contributed by atoms with Crippen LogP contribution < -0.4 is 0 Å². The van der Waals surface area contributed by atoms with E-state index in [0.29, 0.717) is 12.6 Å². The number of imidazole rings is 1. The van der Waals surface area contributed by atoms with Gasteiger partial charge in [-0.1, -0.05) is 30.3 Å². The molecule has 1 unspecified atom stereocenters. The molecular weight excluding hydrogens is 346 g/mol. The van der Waals surface area contributed by atoms with Gasteiger partial charge in [0.05, 0.1) is 6.54 Å². The molecular formula is C20H19N3O2S. The first-order chi connectivity index (χ1) is 12.6. The predicted octanol–water partition coefficient (Wildman–Crippen LogP) is 3.89. The molecule has 0 saturated heterocycles. The number of rotatable bonds is 4. The highest BCUT2D eigenvalue weighted by Gasteiger charge is 2.20. The molecule has 2 aromatic heterocycles. The third-order valence-corrected chi connectivity index (χ3v) is 5.43.